The van der Waals surface area contributed by atoms with Gasteiger partial charge in [-0.05, 0) is 23.3 Å². The molecule has 0 aliphatic heterocycles. The molecule has 0 fully saturated rings. The summed E-state index contributed by atoms with van der Waals surface area (Å²) in [5.41, 5.74) is 4.50. The number of benzene rings is 3. The van der Waals surface area contributed by atoms with Gasteiger partial charge in [-0.1, -0.05) is 66.7 Å². The van der Waals surface area contributed by atoms with Crippen LogP contribution in [0.4, 0.5) is 0 Å². The van der Waals surface area contributed by atoms with Gasteiger partial charge in [0.25, 0.3) is 0 Å². The third-order valence-corrected chi connectivity index (χ3v) is 5.92. The van der Waals surface area contributed by atoms with Crippen LogP contribution < -0.4 is 10.1 Å². The fourth-order valence-corrected chi connectivity index (χ4v) is 4.36. The molecule has 1 N–H and O–H groups in total. The Morgan fingerprint density at radius 3 is 2.42 bits per heavy atom. The highest BCUT2D eigenvalue weighted by molar-refractivity contribution is 5.87. The number of para-hydroxylation sites is 2. The average Bonchev–Trinajstić information content (AvgIpc) is 3.21. The molecule has 0 aliphatic rings. The summed E-state index contributed by atoms with van der Waals surface area (Å²) in [6.45, 7) is 1.74. The van der Waals surface area contributed by atoms with E-state index in [2.05, 4.69) is 70.7 Å². The predicted molar refractivity (Wildman–Crippen MR) is 132 cm³/mol. The average molecular weight is 443 g/mol. The summed E-state index contributed by atoms with van der Waals surface area (Å²) in [4.78, 5) is 12.9. The number of hydrogen-bond donors (Lipinski definition) is 1. The predicted octanol–water partition coefficient (Wildman–Crippen LogP) is 4.98. The first kappa shape index (κ1) is 22.6. The van der Waals surface area contributed by atoms with Gasteiger partial charge in [-0.2, -0.15) is 0 Å². The van der Waals surface area contributed by atoms with Gasteiger partial charge in [0.1, 0.15) is 5.75 Å². The minimum absolute atomic E-state index is 0.0113. The monoisotopic (exact) mass is 442 g/mol. The Bertz CT molecular complexity index is 1200. The van der Waals surface area contributed by atoms with Crippen molar-refractivity contribution in [2.75, 3.05) is 27.4 Å². The third kappa shape index (κ3) is 5.26. The Labute approximate surface area is 195 Å². The van der Waals surface area contributed by atoms with E-state index in [1.807, 2.05) is 24.3 Å². The minimum Gasteiger partial charge on any atom is -0.496 e. The van der Waals surface area contributed by atoms with E-state index in [9.17, 15) is 4.79 Å². The lowest BCUT2D eigenvalue weighted by Gasteiger charge is -2.20. The van der Waals surface area contributed by atoms with Crippen LogP contribution in [0.15, 0.2) is 85.1 Å². The van der Waals surface area contributed by atoms with Crippen molar-refractivity contribution < 1.29 is 14.3 Å². The maximum Gasteiger partial charge on any atom is 0.221 e. The fourth-order valence-electron chi connectivity index (χ4n) is 4.36. The van der Waals surface area contributed by atoms with Gasteiger partial charge >= 0.3 is 0 Å². The van der Waals surface area contributed by atoms with Crippen LogP contribution in [0, 0.1) is 0 Å². The molecule has 1 heterocycles. The minimum atomic E-state index is -0.148. The second-order valence-corrected chi connectivity index (χ2v) is 8.06. The number of fused-ring (bicyclic) bond motifs is 1. The molecular weight excluding hydrogens is 412 g/mol. The van der Waals surface area contributed by atoms with Crippen molar-refractivity contribution in [2.24, 2.45) is 0 Å². The second kappa shape index (κ2) is 10.8. The van der Waals surface area contributed by atoms with Crippen LogP contribution in [0.2, 0.25) is 0 Å². The van der Waals surface area contributed by atoms with E-state index in [1.165, 1.54) is 5.56 Å². The first-order chi connectivity index (χ1) is 16.2. The summed E-state index contributed by atoms with van der Waals surface area (Å²) >= 11 is 0. The van der Waals surface area contributed by atoms with Crippen molar-refractivity contribution in [2.45, 2.75) is 18.9 Å². The second-order valence-electron chi connectivity index (χ2n) is 8.06. The molecule has 3 aromatic carbocycles. The molecule has 4 rings (SSSR count). The lowest BCUT2D eigenvalue weighted by Crippen LogP contribution is -2.28. The van der Waals surface area contributed by atoms with Gasteiger partial charge in [0.15, 0.2) is 0 Å². The highest BCUT2D eigenvalue weighted by atomic mass is 16.5. The molecular formula is C28H30N2O3. The van der Waals surface area contributed by atoms with Gasteiger partial charge in [-0.15, -0.1) is 0 Å². The Morgan fingerprint density at radius 2 is 1.64 bits per heavy atom. The lowest BCUT2D eigenvalue weighted by molar-refractivity contribution is -0.121. The van der Waals surface area contributed by atoms with Crippen LogP contribution in [0.25, 0.3) is 10.9 Å². The highest BCUT2D eigenvalue weighted by Crippen LogP contribution is 2.38. The van der Waals surface area contributed by atoms with Crippen molar-refractivity contribution >= 4 is 16.8 Å². The van der Waals surface area contributed by atoms with Crippen LogP contribution in [-0.4, -0.2) is 37.8 Å². The molecule has 0 unspecified atom stereocenters. The van der Waals surface area contributed by atoms with Gasteiger partial charge in [-0.25, -0.2) is 0 Å². The first-order valence-electron chi connectivity index (χ1n) is 11.2. The van der Waals surface area contributed by atoms with Crippen LogP contribution in [-0.2, 0) is 16.1 Å². The fraction of sp³-hybridized carbons (Fsp3) is 0.250. The molecule has 0 spiro atoms. The van der Waals surface area contributed by atoms with E-state index < -0.39 is 0 Å². The van der Waals surface area contributed by atoms with Gasteiger partial charge < -0.3 is 19.4 Å². The van der Waals surface area contributed by atoms with Crippen LogP contribution in [0.1, 0.15) is 29.0 Å². The maximum atomic E-state index is 12.9. The van der Waals surface area contributed by atoms with E-state index in [4.69, 9.17) is 9.47 Å². The van der Waals surface area contributed by atoms with E-state index in [1.54, 1.807) is 14.2 Å². The number of amides is 1. The van der Waals surface area contributed by atoms with Gasteiger partial charge in [0.05, 0.1) is 13.7 Å². The molecule has 0 radical (unpaired) electrons. The Balaban J connectivity index is 1.77. The van der Waals surface area contributed by atoms with Gasteiger partial charge in [-0.3, -0.25) is 4.79 Å². The normalized spacial score (nSPS) is 11.9. The highest BCUT2D eigenvalue weighted by Gasteiger charge is 2.25. The number of nitrogens with zero attached hydrogens (tertiary/aromatic N) is 1. The van der Waals surface area contributed by atoms with Crippen molar-refractivity contribution in [3.63, 3.8) is 0 Å². The van der Waals surface area contributed by atoms with Crippen molar-refractivity contribution in [3.8, 4) is 5.75 Å². The quantitative estimate of drug-likeness (QED) is 0.352. The number of hydrogen-bond acceptors (Lipinski definition) is 3. The summed E-state index contributed by atoms with van der Waals surface area (Å²) < 4.78 is 13.0. The molecule has 5 nitrogen and oxygen atoms in total. The first-order valence-corrected chi connectivity index (χ1v) is 11.2. The molecule has 170 valence electrons. The zero-order valence-corrected chi connectivity index (χ0v) is 19.2. The lowest BCUT2D eigenvalue weighted by atomic mass is 9.87. The smallest absolute Gasteiger partial charge is 0.221 e. The van der Waals surface area contributed by atoms with E-state index in [0.717, 1.165) is 34.3 Å². The topological polar surface area (TPSA) is 52.5 Å². The van der Waals surface area contributed by atoms with E-state index in [-0.39, 0.29) is 11.8 Å². The number of methoxy groups -OCH3 is 2. The van der Waals surface area contributed by atoms with Gasteiger partial charge in [0.2, 0.25) is 5.91 Å². The van der Waals surface area contributed by atoms with Crippen molar-refractivity contribution in [1.82, 2.24) is 9.88 Å². The molecule has 4 aromatic rings. The summed E-state index contributed by atoms with van der Waals surface area (Å²) in [5, 5.41) is 4.12. The summed E-state index contributed by atoms with van der Waals surface area (Å²) in [6.07, 6.45) is 2.51. The SMILES string of the molecule is COCCNC(=O)C[C@@H](c1ccccc1OC)c1cn(Cc2ccccc2)c2ccccc12. The number of ether oxygens (including phenoxy) is 2. The molecule has 0 aliphatic carbocycles. The molecule has 0 saturated heterocycles. The number of nitrogens with one attached hydrogen (secondary N) is 1. The van der Waals surface area contributed by atoms with E-state index in [0.29, 0.717) is 19.6 Å². The number of rotatable bonds is 10. The zero-order valence-electron chi connectivity index (χ0n) is 19.2. The molecule has 1 aromatic heterocycles. The van der Waals surface area contributed by atoms with E-state index >= 15 is 0 Å². The largest absolute Gasteiger partial charge is 0.496 e. The summed E-state index contributed by atoms with van der Waals surface area (Å²) in [7, 11) is 3.30. The number of aromatic nitrogens is 1. The molecule has 0 bridgehead atoms. The van der Waals surface area contributed by atoms with Gasteiger partial charge in [0, 0.05) is 55.2 Å². The Kier molecular flexibility index (Phi) is 7.43. The number of carbonyl (C=O) groups excluding carboxylic acids is 1. The molecule has 1 amide bonds. The standard InChI is InChI=1S/C28H30N2O3/c1-32-17-16-29-28(31)18-24(23-13-7-9-15-27(23)33-2)25-20-30(19-21-10-4-3-5-11-21)26-14-8-6-12-22(25)26/h3-15,20,24H,16-19H2,1-2H3,(H,29,31)/t24-/m0/s1. The van der Waals surface area contributed by atoms with Crippen LogP contribution in [0.3, 0.4) is 0 Å². The Morgan fingerprint density at radius 1 is 0.909 bits per heavy atom. The molecule has 0 saturated carbocycles. The molecule has 5 heteroatoms. The third-order valence-electron chi connectivity index (χ3n) is 5.92. The summed E-state index contributed by atoms with van der Waals surface area (Å²) in [6, 6.07) is 26.8. The number of carbonyl (C=O) groups is 1. The maximum absolute atomic E-state index is 12.9. The molecule has 33 heavy (non-hydrogen) atoms. The van der Waals surface area contributed by atoms with Crippen LogP contribution >= 0.6 is 0 Å². The zero-order chi connectivity index (χ0) is 23.0. The van der Waals surface area contributed by atoms with Crippen molar-refractivity contribution in [3.05, 3.63) is 102 Å². The molecule has 1 atom stereocenters. The Hall–Kier alpha value is -3.57. The van der Waals surface area contributed by atoms with Crippen molar-refractivity contribution in [1.29, 1.82) is 0 Å². The summed E-state index contributed by atoms with van der Waals surface area (Å²) in [5.74, 6) is 0.626. The van der Waals surface area contributed by atoms with Crippen LogP contribution in [0.5, 0.6) is 5.75 Å².